The van der Waals surface area contributed by atoms with Crippen molar-refractivity contribution in [2.75, 3.05) is 7.05 Å². The summed E-state index contributed by atoms with van der Waals surface area (Å²) < 4.78 is 0. The van der Waals surface area contributed by atoms with Crippen molar-refractivity contribution in [3.05, 3.63) is 23.8 Å². The standard InChI is InChI=1S/C12H19N3/c1-9-7-14-12(15-8-9)11(13-2)6-10-4-3-5-10/h7-8,10-11,13H,3-6H2,1-2H3. The molecule has 0 saturated heterocycles. The molecule has 3 heteroatoms. The first-order valence-corrected chi connectivity index (χ1v) is 5.75. The van der Waals surface area contributed by atoms with Gasteiger partial charge in [0.2, 0.25) is 0 Å². The van der Waals surface area contributed by atoms with Gasteiger partial charge in [0, 0.05) is 12.4 Å². The molecule has 15 heavy (non-hydrogen) atoms. The van der Waals surface area contributed by atoms with E-state index in [4.69, 9.17) is 0 Å². The molecule has 1 aliphatic carbocycles. The van der Waals surface area contributed by atoms with Gasteiger partial charge >= 0.3 is 0 Å². The second-order valence-electron chi connectivity index (χ2n) is 4.49. The highest BCUT2D eigenvalue weighted by atomic mass is 15.0. The number of nitrogens with one attached hydrogen (secondary N) is 1. The highest BCUT2D eigenvalue weighted by Crippen LogP contribution is 2.33. The predicted molar refractivity (Wildman–Crippen MR) is 60.5 cm³/mol. The summed E-state index contributed by atoms with van der Waals surface area (Å²) in [4.78, 5) is 8.77. The molecule has 2 rings (SSSR count). The van der Waals surface area contributed by atoms with Crippen LogP contribution in [0.15, 0.2) is 12.4 Å². The Morgan fingerprint density at radius 3 is 2.53 bits per heavy atom. The van der Waals surface area contributed by atoms with Gasteiger partial charge < -0.3 is 5.32 Å². The molecule has 3 nitrogen and oxygen atoms in total. The molecule has 1 fully saturated rings. The van der Waals surface area contributed by atoms with Gasteiger partial charge in [0.25, 0.3) is 0 Å². The molecule has 1 heterocycles. The molecule has 1 aliphatic rings. The summed E-state index contributed by atoms with van der Waals surface area (Å²) in [5, 5.41) is 3.31. The van der Waals surface area contributed by atoms with Crippen LogP contribution >= 0.6 is 0 Å². The molecule has 82 valence electrons. The Hall–Kier alpha value is -0.960. The quantitative estimate of drug-likeness (QED) is 0.819. The van der Waals surface area contributed by atoms with Crippen molar-refractivity contribution < 1.29 is 0 Å². The zero-order chi connectivity index (χ0) is 10.7. The molecule has 1 saturated carbocycles. The third-order valence-electron chi connectivity index (χ3n) is 3.25. The van der Waals surface area contributed by atoms with Gasteiger partial charge in [-0.2, -0.15) is 0 Å². The smallest absolute Gasteiger partial charge is 0.145 e. The van der Waals surface area contributed by atoms with Gasteiger partial charge in [-0.15, -0.1) is 0 Å². The van der Waals surface area contributed by atoms with E-state index in [1.807, 2.05) is 26.4 Å². The van der Waals surface area contributed by atoms with Crippen molar-refractivity contribution in [2.45, 2.75) is 38.6 Å². The van der Waals surface area contributed by atoms with E-state index in [1.54, 1.807) is 0 Å². The van der Waals surface area contributed by atoms with E-state index >= 15 is 0 Å². The summed E-state index contributed by atoms with van der Waals surface area (Å²) in [6.45, 7) is 2.02. The molecule has 0 bridgehead atoms. The molecule has 0 aromatic carbocycles. The summed E-state index contributed by atoms with van der Waals surface area (Å²) in [6, 6.07) is 0.330. The summed E-state index contributed by atoms with van der Waals surface area (Å²) in [6.07, 6.45) is 9.13. The van der Waals surface area contributed by atoms with Crippen LogP contribution in [0.4, 0.5) is 0 Å². The fraction of sp³-hybridized carbons (Fsp3) is 0.667. The van der Waals surface area contributed by atoms with Crippen LogP contribution in [0.2, 0.25) is 0 Å². The second kappa shape index (κ2) is 4.71. The third kappa shape index (κ3) is 2.53. The SMILES string of the molecule is CNC(CC1CCC1)c1ncc(C)cn1. The minimum atomic E-state index is 0.330. The summed E-state index contributed by atoms with van der Waals surface area (Å²) in [5.74, 6) is 1.82. The van der Waals surface area contributed by atoms with Crippen LogP contribution in [0.5, 0.6) is 0 Å². The van der Waals surface area contributed by atoms with Crippen molar-refractivity contribution in [3.63, 3.8) is 0 Å². The average Bonchev–Trinajstić information content (AvgIpc) is 2.19. The normalized spacial score (nSPS) is 18.5. The lowest BCUT2D eigenvalue weighted by atomic mass is 9.81. The zero-order valence-corrected chi connectivity index (χ0v) is 9.53. The maximum atomic E-state index is 4.39. The molecular formula is C12H19N3. The fourth-order valence-corrected chi connectivity index (χ4v) is 2.00. The van der Waals surface area contributed by atoms with Gasteiger partial charge in [0.1, 0.15) is 5.82 Å². The van der Waals surface area contributed by atoms with Crippen LogP contribution in [0.3, 0.4) is 0 Å². The molecule has 0 radical (unpaired) electrons. The van der Waals surface area contributed by atoms with Gasteiger partial charge in [-0.05, 0) is 31.9 Å². The number of aryl methyl sites for hydroxylation is 1. The minimum Gasteiger partial charge on any atom is -0.310 e. The van der Waals surface area contributed by atoms with Gasteiger partial charge in [-0.1, -0.05) is 19.3 Å². The molecule has 1 unspecified atom stereocenters. The van der Waals surface area contributed by atoms with Crippen molar-refractivity contribution >= 4 is 0 Å². The van der Waals surface area contributed by atoms with E-state index in [0.29, 0.717) is 6.04 Å². The highest BCUT2D eigenvalue weighted by molar-refractivity contribution is 5.04. The first-order chi connectivity index (χ1) is 7.29. The first kappa shape index (κ1) is 10.6. The van der Waals surface area contributed by atoms with Gasteiger partial charge in [-0.25, -0.2) is 9.97 Å². The molecule has 1 aromatic rings. The average molecular weight is 205 g/mol. The van der Waals surface area contributed by atoms with Gasteiger partial charge in [0.05, 0.1) is 6.04 Å². The van der Waals surface area contributed by atoms with E-state index < -0.39 is 0 Å². The molecule has 1 atom stereocenters. The van der Waals surface area contributed by atoms with E-state index in [1.165, 1.54) is 25.7 Å². The largest absolute Gasteiger partial charge is 0.310 e. The number of rotatable bonds is 4. The lowest BCUT2D eigenvalue weighted by Gasteiger charge is -2.28. The first-order valence-electron chi connectivity index (χ1n) is 5.75. The van der Waals surface area contributed by atoms with E-state index in [-0.39, 0.29) is 0 Å². The molecule has 1 N–H and O–H groups in total. The monoisotopic (exact) mass is 205 g/mol. The summed E-state index contributed by atoms with van der Waals surface area (Å²) in [5.41, 5.74) is 1.12. The topological polar surface area (TPSA) is 37.8 Å². The van der Waals surface area contributed by atoms with Crippen molar-refractivity contribution in [2.24, 2.45) is 5.92 Å². The van der Waals surface area contributed by atoms with Crippen LogP contribution in [-0.2, 0) is 0 Å². The van der Waals surface area contributed by atoms with Crippen LogP contribution < -0.4 is 5.32 Å². The van der Waals surface area contributed by atoms with Crippen molar-refractivity contribution in [3.8, 4) is 0 Å². The predicted octanol–water partition coefficient (Wildman–Crippen LogP) is 2.24. The van der Waals surface area contributed by atoms with Crippen LogP contribution in [0.1, 0.15) is 43.1 Å². The Morgan fingerprint density at radius 1 is 1.40 bits per heavy atom. The Balaban J connectivity index is 2.01. The van der Waals surface area contributed by atoms with Crippen LogP contribution in [-0.4, -0.2) is 17.0 Å². The Morgan fingerprint density at radius 2 is 2.07 bits per heavy atom. The van der Waals surface area contributed by atoms with E-state index in [0.717, 1.165) is 17.3 Å². The lowest BCUT2D eigenvalue weighted by Crippen LogP contribution is -2.24. The number of aromatic nitrogens is 2. The van der Waals surface area contributed by atoms with Crippen molar-refractivity contribution in [1.82, 2.24) is 15.3 Å². The van der Waals surface area contributed by atoms with Crippen LogP contribution in [0, 0.1) is 12.8 Å². The second-order valence-corrected chi connectivity index (χ2v) is 4.49. The third-order valence-corrected chi connectivity index (χ3v) is 3.25. The van der Waals surface area contributed by atoms with Crippen LogP contribution in [0.25, 0.3) is 0 Å². The molecule has 0 aliphatic heterocycles. The zero-order valence-electron chi connectivity index (χ0n) is 9.53. The van der Waals surface area contributed by atoms with Gasteiger partial charge in [0.15, 0.2) is 0 Å². The van der Waals surface area contributed by atoms with Crippen molar-refractivity contribution in [1.29, 1.82) is 0 Å². The summed E-state index contributed by atoms with van der Waals surface area (Å²) in [7, 11) is 1.99. The molecular weight excluding hydrogens is 186 g/mol. The minimum absolute atomic E-state index is 0.330. The van der Waals surface area contributed by atoms with Gasteiger partial charge in [-0.3, -0.25) is 0 Å². The molecule has 0 amide bonds. The molecule has 1 aromatic heterocycles. The number of hydrogen-bond donors (Lipinski definition) is 1. The van der Waals surface area contributed by atoms with E-state index in [2.05, 4.69) is 15.3 Å². The number of nitrogens with zero attached hydrogens (tertiary/aromatic N) is 2. The Labute approximate surface area is 91.3 Å². The Bertz CT molecular complexity index is 303. The number of hydrogen-bond acceptors (Lipinski definition) is 3. The maximum absolute atomic E-state index is 4.39. The Kier molecular flexibility index (Phi) is 3.31. The van der Waals surface area contributed by atoms with E-state index in [9.17, 15) is 0 Å². The maximum Gasteiger partial charge on any atom is 0.145 e. The molecule has 0 spiro atoms. The summed E-state index contributed by atoms with van der Waals surface area (Å²) >= 11 is 0. The lowest BCUT2D eigenvalue weighted by molar-refractivity contribution is 0.262. The fourth-order valence-electron chi connectivity index (χ4n) is 2.00. The highest BCUT2D eigenvalue weighted by Gasteiger charge is 2.23.